The van der Waals surface area contributed by atoms with E-state index >= 15 is 0 Å². The predicted octanol–water partition coefficient (Wildman–Crippen LogP) is 3.62. The van der Waals surface area contributed by atoms with E-state index in [0.29, 0.717) is 22.5 Å². The van der Waals surface area contributed by atoms with Crippen molar-refractivity contribution in [1.29, 1.82) is 0 Å². The minimum Gasteiger partial charge on any atom is -0.398 e. The molecule has 19 heavy (non-hydrogen) atoms. The van der Waals surface area contributed by atoms with E-state index in [0.717, 1.165) is 0 Å². The van der Waals surface area contributed by atoms with E-state index in [-0.39, 0.29) is 10.9 Å². The molecule has 3 nitrogen and oxygen atoms in total. The standard InChI is InChI=1S/C14H12ClFN2O/c1-8-10(3-2-4-13(8)17)14(19)18-9-5-6-11(15)12(16)7-9/h2-7H,17H2,1H3,(H,18,19). The lowest BCUT2D eigenvalue weighted by molar-refractivity contribution is 0.102. The van der Waals surface area contributed by atoms with Gasteiger partial charge in [0.25, 0.3) is 5.91 Å². The van der Waals surface area contributed by atoms with Crippen molar-refractivity contribution in [3.63, 3.8) is 0 Å². The zero-order valence-electron chi connectivity index (χ0n) is 10.2. The Labute approximate surface area is 115 Å². The Balaban J connectivity index is 2.26. The average molecular weight is 279 g/mol. The molecule has 3 N–H and O–H groups in total. The number of hydrogen-bond acceptors (Lipinski definition) is 2. The maximum Gasteiger partial charge on any atom is 0.256 e. The van der Waals surface area contributed by atoms with Gasteiger partial charge in [0, 0.05) is 16.9 Å². The molecule has 0 heterocycles. The van der Waals surface area contributed by atoms with Crippen LogP contribution in [0.3, 0.4) is 0 Å². The summed E-state index contributed by atoms with van der Waals surface area (Å²) in [6.07, 6.45) is 0. The second-order valence-corrected chi connectivity index (χ2v) is 4.51. The number of carbonyl (C=O) groups is 1. The maximum atomic E-state index is 13.3. The molecular weight excluding hydrogens is 267 g/mol. The molecule has 0 aromatic heterocycles. The molecule has 0 aliphatic carbocycles. The second-order valence-electron chi connectivity index (χ2n) is 4.10. The molecule has 0 unspecified atom stereocenters. The van der Waals surface area contributed by atoms with Crippen LogP contribution in [-0.2, 0) is 0 Å². The maximum absolute atomic E-state index is 13.3. The Bertz CT molecular complexity index is 643. The van der Waals surface area contributed by atoms with E-state index in [2.05, 4.69) is 5.32 Å². The Kier molecular flexibility index (Phi) is 3.71. The van der Waals surface area contributed by atoms with Crippen LogP contribution in [0.5, 0.6) is 0 Å². The molecule has 0 spiro atoms. The van der Waals surface area contributed by atoms with Crippen LogP contribution in [0.15, 0.2) is 36.4 Å². The lowest BCUT2D eigenvalue weighted by atomic mass is 10.1. The van der Waals surface area contributed by atoms with Crippen molar-refractivity contribution < 1.29 is 9.18 Å². The third kappa shape index (κ3) is 2.85. The van der Waals surface area contributed by atoms with E-state index in [1.54, 1.807) is 25.1 Å². The Morgan fingerprint density at radius 1 is 1.32 bits per heavy atom. The predicted molar refractivity (Wildman–Crippen MR) is 75.0 cm³/mol. The van der Waals surface area contributed by atoms with Crippen molar-refractivity contribution in [2.45, 2.75) is 6.92 Å². The monoisotopic (exact) mass is 278 g/mol. The first-order valence-corrected chi connectivity index (χ1v) is 5.98. The summed E-state index contributed by atoms with van der Waals surface area (Å²) in [6, 6.07) is 9.16. The summed E-state index contributed by atoms with van der Waals surface area (Å²) in [5, 5.41) is 2.61. The molecule has 5 heteroatoms. The fraction of sp³-hybridized carbons (Fsp3) is 0.0714. The fourth-order valence-corrected chi connectivity index (χ4v) is 1.79. The molecule has 0 aliphatic heterocycles. The summed E-state index contributed by atoms with van der Waals surface area (Å²) in [4.78, 5) is 12.1. The van der Waals surface area contributed by atoms with Crippen molar-refractivity contribution in [3.05, 3.63) is 58.4 Å². The molecule has 0 radical (unpaired) electrons. The van der Waals surface area contributed by atoms with Crippen LogP contribution in [0, 0.1) is 12.7 Å². The van der Waals surface area contributed by atoms with Crippen LogP contribution in [0.2, 0.25) is 5.02 Å². The van der Waals surface area contributed by atoms with Crippen LogP contribution >= 0.6 is 11.6 Å². The van der Waals surface area contributed by atoms with Gasteiger partial charge in [0.05, 0.1) is 5.02 Å². The molecular formula is C14H12ClFN2O. The van der Waals surface area contributed by atoms with Gasteiger partial charge in [-0.1, -0.05) is 17.7 Å². The Hall–Kier alpha value is -2.07. The largest absolute Gasteiger partial charge is 0.398 e. The summed E-state index contributed by atoms with van der Waals surface area (Å²) in [5.74, 6) is -0.921. The first kappa shape index (κ1) is 13.4. The normalized spacial score (nSPS) is 10.3. The molecule has 0 bridgehead atoms. The summed E-state index contributed by atoms with van der Waals surface area (Å²) >= 11 is 5.58. The van der Waals surface area contributed by atoms with Crippen molar-refractivity contribution in [3.8, 4) is 0 Å². The van der Waals surface area contributed by atoms with Gasteiger partial charge in [0.15, 0.2) is 0 Å². The molecule has 2 aromatic carbocycles. The highest BCUT2D eigenvalue weighted by molar-refractivity contribution is 6.30. The van der Waals surface area contributed by atoms with Crippen LogP contribution < -0.4 is 11.1 Å². The first-order chi connectivity index (χ1) is 8.99. The third-order valence-corrected chi connectivity index (χ3v) is 3.10. The molecule has 0 atom stereocenters. The summed E-state index contributed by atoms with van der Waals surface area (Å²) in [7, 11) is 0. The van der Waals surface area contributed by atoms with E-state index in [9.17, 15) is 9.18 Å². The number of nitrogens with one attached hydrogen (secondary N) is 1. The fourth-order valence-electron chi connectivity index (χ4n) is 1.67. The topological polar surface area (TPSA) is 55.1 Å². The minimum atomic E-state index is -0.580. The molecule has 98 valence electrons. The SMILES string of the molecule is Cc1c(N)cccc1C(=O)Nc1ccc(Cl)c(F)c1. The quantitative estimate of drug-likeness (QED) is 0.824. The van der Waals surface area contributed by atoms with Crippen molar-refractivity contribution in [2.75, 3.05) is 11.1 Å². The van der Waals surface area contributed by atoms with E-state index < -0.39 is 5.82 Å². The number of rotatable bonds is 2. The van der Waals surface area contributed by atoms with Gasteiger partial charge in [-0.25, -0.2) is 4.39 Å². The van der Waals surface area contributed by atoms with Crippen molar-refractivity contribution in [1.82, 2.24) is 0 Å². The zero-order valence-corrected chi connectivity index (χ0v) is 11.0. The van der Waals surface area contributed by atoms with Crippen molar-refractivity contribution >= 4 is 28.9 Å². The molecule has 2 rings (SSSR count). The molecule has 1 amide bonds. The molecule has 0 saturated carbocycles. The van der Waals surface area contributed by atoms with Gasteiger partial charge in [-0.2, -0.15) is 0 Å². The molecule has 2 aromatic rings. The van der Waals surface area contributed by atoms with E-state index in [1.165, 1.54) is 18.2 Å². The Morgan fingerprint density at radius 3 is 2.74 bits per heavy atom. The second kappa shape index (κ2) is 5.28. The van der Waals surface area contributed by atoms with Crippen molar-refractivity contribution in [2.24, 2.45) is 0 Å². The van der Waals surface area contributed by atoms with Gasteiger partial charge in [0.1, 0.15) is 5.82 Å². The molecule has 0 fully saturated rings. The van der Waals surface area contributed by atoms with Gasteiger partial charge in [-0.15, -0.1) is 0 Å². The number of benzene rings is 2. The lowest BCUT2D eigenvalue weighted by Crippen LogP contribution is -2.14. The number of nitrogen functional groups attached to an aromatic ring is 1. The lowest BCUT2D eigenvalue weighted by Gasteiger charge is -2.09. The van der Waals surface area contributed by atoms with Crippen LogP contribution in [-0.4, -0.2) is 5.91 Å². The average Bonchev–Trinajstić information content (AvgIpc) is 2.37. The number of halogens is 2. The summed E-state index contributed by atoms with van der Waals surface area (Å²) in [6.45, 7) is 1.76. The molecule has 0 saturated heterocycles. The zero-order chi connectivity index (χ0) is 14.0. The van der Waals surface area contributed by atoms with Crippen LogP contribution in [0.1, 0.15) is 15.9 Å². The highest BCUT2D eigenvalue weighted by Crippen LogP contribution is 2.21. The van der Waals surface area contributed by atoms with Crippen LogP contribution in [0.25, 0.3) is 0 Å². The highest BCUT2D eigenvalue weighted by Gasteiger charge is 2.11. The van der Waals surface area contributed by atoms with Gasteiger partial charge in [0.2, 0.25) is 0 Å². The number of amides is 1. The van der Waals surface area contributed by atoms with Gasteiger partial charge < -0.3 is 11.1 Å². The van der Waals surface area contributed by atoms with E-state index in [1.807, 2.05) is 0 Å². The number of hydrogen-bond donors (Lipinski definition) is 2. The van der Waals surface area contributed by atoms with E-state index in [4.69, 9.17) is 17.3 Å². The van der Waals surface area contributed by atoms with Crippen LogP contribution in [0.4, 0.5) is 15.8 Å². The van der Waals surface area contributed by atoms with Gasteiger partial charge in [-0.3, -0.25) is 4.79 Å². The van der Waals surface area contributed by atoms with Gasteiger partial charge in [-0.05, 0) is 42.8 Å². The summed E-state index contributed by atoms with van der Waals surface area (Å²) in [5.41, 5.74) is 7.76. The minimum absolute atomic E-state index is 0.0122. The Morgan fingerprint density at radius 2 is 2.05 bits per heavy atom. The number of nitrogens with two attached hydrogens (primary N) is 1. The first-order valence-electron chi connectivity index (χ1n) is 5.60. The number of anilines is 2. The molecule has 0 aliphatic rings. The number of carbonyl (C=O) groups excluding carboxylic acids is 1. The van der Waals surface area contributed by atoms with Gasteiger partial charge >= 0.3 is 0 Å². The smallest absolute Gasteiger partial charge is 0.256 e. The summed E-state index contributed by atoms with van der Waals surface area (Å²) < 4.78 is 13.3. The highest BCUT2D eigenvalue weighted by atomic mass is 35.5. The third-order valence-electron chi connectivity index (χ3n) is 2.80.